The van der Waals surface area contributed by atoms with Gasteiger partial charge in [0, 0.05) is 19.3 Å². The lowest BCUT2D eigenvalue weighted by Gasteiger charge is -2.14. The van der Waals surface area contributed by atoms with Crippen LogP contribution in [0.15, 0.2) is 36.5 Å². The van der Waals surface area contributed by atoms with Crippen LogP contribution in [0.1, 0.15) is 34.6 Å². The van der Waals surface area contributed by atoms with Gasteiger partial charge < -0.3 is 9.30 Å². The highest BCUT2D eigenvalue weighted by Crippen LogP contribution is 2.23. The van der Waals surface area contributed by atoms with E-state index < -0.39 is 5.97 Å². The molecule has 0 spiro atoms. The van der Waals surface area contributed by atoms with Crippen molar-refractivity contribution >= 4 is 16.9 Å². The molecule has 2 heterocycles. The van der Waals surface area contributed by atoms with E-state index in [-0.39, 0.29) is 5.69 Å². The van der Waals surface area contributed by atoms with Crippen LogP contribution >= 0.6 is 0 Å². The van der Waals surface area contributed by atoms with Crippen molar-refractivity contribution in [2.24, 2.45) is 7.05 Å². The van der Waals surface area contributed by atoms with Crippen molar-refractivity contribution in [3.63, 3.8) is 0 Å². The topological polar surface area (TPSA) is 57.0 Å². The molecule has 0 N–H and O–H groups in total. The van der Waals surface area contributed by atoms with Gasteiger partial charge in [0.25, 0.3) is 0 Å². The summed E-state index contributed by atoms with van der Waals surface area (Å²) >= 11 is 0. The van der Waals surface area contributed by atoms with Gasteiger partial charge in [-0.15, -0.1) is 5.10 Å². The lowest BCUT2D eigenvalue weighted by Crippen LogP contribution is -2.15. The average Bonchev–Trinajstić information content (AvgIpc) is 2.95. The summed E-state index contributed by atoms with van der Waals surface area (Å²) in [5.41, 5.74) is 3.43. The maximum Gasteiger partial charge on any atom is 0.364 e. The number of hydrogen-bond acceptors (Lipinski definition) is 4. The maximum atomic E-state index is 12.3. The number of hydrogen-bond donors (Lipinski definition) is 0. The summed E-state index contributed by atoms with van der Waals surface area (Å²) in [4.78, 5) is 12.3. The molecule has 5 nitrogen and oxygen atoms in total. The van der Waals surface area contributed by atoms with Gasteiger partial charge in [0.2, 0.25) is 0 Å². The minimum absolute atomic E-state index is 0.276. The molecule has 4 rings (SSSR count). The Bertz CT molecular complexity index is 898. The summed E-state index contributed by atoms with van der Waals surface area (Å²) in [6.45, 7) is 0. The van der Waals surface area contributed by atoms with E-state index in [9.17, 15) is 4.79 Å². The molecule has 0 saturated heterocycles. The van der Waals surface area contributed by atoms with Gasteiger partial charge in [-0.2, -0.15) is 5.10 Å². The van der Waals surface area contributed by atoms with Crippen molar-refractivity contribution in [3.05, 3.63) is 53.5 Å². The van der Waals surface area contributed by atoms with Crippen LogP contribution in [0.2, 0.25) is 0 Å². The Morgan fingerprint density at radius 3 is 2.91 bits per heavy atom. The second-order valence-corrected chi connectivity index (χ2v) is 5.95. The zero-order valence-electron chi connectivity index (χ0n) is 13.0. The van der Waals surface area contributed by atoms with E-state index in [4.69, 9.17) is 4.74 Å². The summed E-state index contributed by atoms with van der Waals surface area (Å²) in [6.07, 6.45) is 6.16. The van der Waals surface area contributed by atoms with Crippen LogP contribution in [0.3, 0.4) is 0 Å². The quantitative estimate of drug-likeness (QED) is 0.539. The summed E-state index contributed by atoms with van der Waals surface area (Å²) in [6, 6.07) is 9.45. The molecule has 1 aliphatic carbocycles. The molecule has 1 aromatic carbocycles. The zero-order chi connectivity index (χ0) is 15.8. The van der Waals surface area contributed by atoms with Crippen LogP contribution in [-0.2, 0) is 19.9 Å². The summed E-state index contributed by atoms with van der Waals surface area (Å²) in [5, 5.41) is 9.32. The first-order valence-corrected chi connectivity index (χ1v) is 7.83. The number of aromatic nitrogens is 3. The molecule has 0 radical (unpaired) electrons. The molecule has 2 aromatic heterocycles. The average molecular weight is 307 g/mol. The number of carbonyl (C=O) groups is 1. The number of carbonyl (C=O) groups excluding carboxylic acids is 1. The Kier molecular flexibility index (Phi) is 3.33. The standard InChI is InChI=1S/C18H17N3O2/c1-21-9-8-12-6-7-14(11-17(12)21)23-18(22)16-10-13-4-2-3-5-15(13)19-20-16/h6-11H,2-5H2,1H3. The summed E-state index contributed by atoms with van der Waals surface area (Å²) in [7, 11) is 1.96. The molecular weight excluding hydrogens is 290 g/mol. The highest BCUT2D eigenvalue weighted by atomic mass is 16.5. The number of nitrogens with zero attached hydrogens (tertiary/aromatic N) is 3. The van der Waals surface area contributed by atoms with Crippen molar-refractivity contribution in [2.75, 3.05) is 0 Å². The minimum atomic E-state index is -0.459. The SMILES string of the molecule is Cn1ccc2ccc(OC(=O)c3cc4c(nn3)CCCC4)cc21. The van der Waals surface area contributed by atoms with Crippen LogP contribution in [0.25, 0.3) is 10.9 Å². The second kappa shape index (κ2) is 5.50. The Morgan fingerprint density at radius 2 is 2.00 bits per heavy atom. The number of fused-ring (bicyclic) bond motifs is 2. The van der Waals surface area contributed by atoms with E-state index >= 15 is 0 Å². The fraction of sp³-hybridized carbons (Fsp3) is 0.278. The normalized spacial score (nSPS) is 13.8. The third kappa shape index (κ3) is 2.59. The molecule has 1 aliphatic rings. The third-order valence-electron chi connectivity index (χ3n) is 4.35. The van der Waals surface area contributed by atoms with Crippen molar-refractivity contribution in [1.82, 2.24) is 14.8 Å². The van der Waals surface area contributed by atoms with Gasteiger partial charge in [-0.05, 0) is 60.9 Å². The van der Waals surface area contributed by atoms with E-state index in [1.54, 1.807) is 6.07 Å². The van der Waals surface area contributed by atoms with Gasteiger partial charge in [-0.25, -0.2) is 4.79 Å². The van der Waals surface area contributed by atoms with E-state index in [1.165, 1.54) is 0 Å². The van der Waals surface area contributed by atoms with Crippen molar-refractivity contribution in [2.45, 2.75) is 25.7 Å². The predicted molar refractivity (Wildman–Crippen MR) is 86.6 cm³/mol. The minimum Gasteiger partial charge on any atom is -0.422 e. The lowest BCUT2D eigenvalue weighted by atomic mass is 9.96. The van der Waals surface area contributed by atoms with Crippen LogP contribution in [0.5, 0.6) is 5.75 Å². The van der Waals surface area contributed by atoms with Crippen LogP contribution < -0.4 is 4.74 Å². The first-order chi connectivity index (χ1) is 11.2. The zero-order valence-corrected chi connectivity index (χ0v) is 13.0. The van der Waals surface area contributed by atoms with E-state index in [2.05, 4.69) is 10.2 Å². The first kappa shape index (κ1) is 13.9. The Balaban J connectivity index is 1.60. The maximum absolute atomic E-state index is 12.3. The van der Waals surface area contributed by atoms with E-state index in [0.29, 0.717) is 5.75 Å². The Hall–Kier alpha value is -2.69. The summed E-state index contributed by atoms with van der Waals surface area (Å²) < 4.78 is 7.46. The van der Waals surface area contributed by atoms with Gasteiger partial charge >= 0.3 is 5.97 Å². The Morgan fingerprint density at radius 1 is 1.13 bits per heavy atom. The fourth-order valence-corrected chi connectivity index (χ4v) is 3.06. The number of aryl methyl sites for hydroxylation is 3. The molecule has 0 aliphatic heterocycles. The molecule has 0 fully saturated rings. The lowest BCUT2D eigenvalue weighted by molar-refractivity contribution is 0.0727. The fourth-order valence-electron chi connectivity index (χ4n) is 3.06. The van der Waals surface area contributed by atoms with Crippen molar-refractivity contribution in [1.29, 1.82) is 0 Å². The monoisotopic (exact) mass is 307 g/mol. The molecule has 0 bridgehead atoms. The van der Waals surface area contributed by atoms with Gasteiger partial charge in [-0.3, -0.25) is 0 Å². The number of rotatable bonds is 2. The number of benzene rings is 1. The van der Waals surface area contributed by atoms with Crippen LogP contribution in [-0.4, -0.2) is 20.7 Å². The smallest absolute Gasteiger partial charge is 0.364 e. The molecular formula is C18H17N3O2. The number of ether oxygens (including phenoxy) is 1. The largest absolute Gasteiger partial charge is 0.422 e. The molecule has 0 unspecified atom stereocenters. The molecule has 3 aromatic rings. The van der Waals surface area contributed by atoms with E-state index in [1.807, 2.05) is 42.1 Å². The van der Waals surface area contributed by atoms with Gasteiger partial charge in [0.05, 0.1) is 11.2 Å². The van der Waals surface area contributed by atoms with Crippen LogP contribution in [0.4, 0.5) is 0 Å². The third-order valence-corrected chi connectivity index (χ3v) is 4.35. The molecule has 116 valence electrons. The van der Waals surface area contributed by atoms with Crippen molar-refractivity contribution < 1.29 is 9.53 Å². The molecule has 0 amide bonds. The van der Waals surface area contributed by atoms with E-state index in [0.717, 1.165) is 47.8 Å². The van der Waals surface area contributed by atoms with Crippen molar-refractivity contribution in [3.8, 4) is 5.75 Å². The Labute approximate surface area is 133 Å². The summed E-state index contributed by atoms with van der Waals surface area (Å²) in [5.74, 6) is 0.0586. The molecule has 23 heavy (non-hydrogen) atoms. The highest BCUT2D eigenvalue weighted by Gasteiger charge is 2.17. The molecule has 0 saturated carbocycles. The van der Waals surface area contributed by atoms with Gasteiger partial charge in [0.1, 0.15) is 5.75 Å². The van der Waals surface area contributed by atoms with Crippen LogP contribution in [0, 0.1) is 0 Å². The van der Waals surface area contributed by atoms with Gasteiger partial charge in [0.15, 0.2) is 5.69 Å². The molecule has 5 heteroatoms. The number of esters is 1. The molecule has 0 atom stereocenters. The highest BCUT2D eigenvalue weighted by molar-refractivity contribution is 5.90. The predicted octanol–water partition coefficient (Wildman–Crippen LogP) is 3.07. The second-order valence-electron chi connectivity index (χ2n) is 5.95. The van der Waals surface area contributed by atoms with Gasteiger partial charge in [-0.1, -0.05) is 0 Å². The first-order valence-electron chi connectivity index (χ1n) is 7.83.